The summed E-state index contributed by atoms with van der Waals surface area (Å²) in [6.45, 7) is 2.90. The average molecular weight is 383 g/mol. The average Bonchev–Trinajstić information content (AvgIpc) is 2.61. The van der Waals surface area contributed by atoms with Crippen LogP contribution in [0.2, 0.25) is 0 Å². The summed E-state index contributed by atoms with van der Waals surface area (Å²) in [7, 11) is 0. The van der Waals surface area contributed by atoms with Crippen LogP contribution in [-0.4, -0.2) is 22.6 Å². The standard InChI is InChI=1S/C19H17N3O6/c1-19(2)27-17(23)15(18(24)28-19)16(20-12-6-4-3-5-7-12)21-13-8-10-14(11-9-13)22(25)26/h3-11,20-21H,1-2H3. The number of hydrogen-bond acceptors (Lipinski definition) is 8. The SMILES string of the molecule is CC1(C)OC(=O)C(=C(Nc2ccccc2)Nc2ccc([N+](=O)[O-])cc2)C(=O)O1. The van der Waals surface area contributed by atoms with E-state index in [0.29, 0.717) is 11.4 Å². The smallest absolute Gasteiger partial charge is 0.352 e. The van der Waals surface area contributed by atoms with Crippen molar-refractivity contribution >= 4 is 29.0 Å². The molecule has 0 atom stereocenters. The monoisotopic (exact) mass is 383 g/mol. The molecule has 1 fully saturated rings. The zero-order valence-electron chi connectivity index (χ0n) is 15.1. The first-order valence-electron chi connectivity index (χ1n) is 8.30. The second-order valence-electron chi connectivity index (χ2n) is 6.35. The van der Waals surface area contributed by atoms with Gasteiger partial charge in [0.05, 0.1) is 4.92 Å². The summed E-state index contributed by atoms with van der Waals surface area (Å²) in [5.74, 6) is -3.04. The number of para-hydroxylation sites is 1. The molecule has 1 aliphatic heterocycles. The summed E-state index contributed by atoms with van der Waals surface area (Å²) >= 11 is 0. The van der Waals surface area contributed by atoms with Crippen LogP contribution >= 0.6 is 0 Å². The Morgan fingerprint density at radius 3 is 1.89 bits per heavy atom. The zero-order chi connectivity index (χ0) is 20.3. The molecule has 9 heteroatoms. The molecule has 0 aliphatic carbocycles. The molecule has 0 amide bonds. The largest absolute Gasteiger partial charge is 0.419 e. The van der Waals surface area contributed by atoms with Crippen LogP contribution in [0, 0.1) is 10.1 Å². The number of esters is 2. The second-order valence-corrected chi connectivity index (χ2v) is 6.35. The summed E-state index contributed by atoms with van der Waals surface area (Å²) in [5.41, 5.74) is 0.586. The van der Waals surface area contributed by atoms with Gasteiger partial charge in [-0.25, -0.2) is 9.59 Å². The third-order valence-electron chi connectivity index (χ3n) is 3.73. The highest BCUT2D eigenvalue weighted by molar-refractivity contribution is 6.16. The van der Waals surface area contributed by atoms with Crippen LogP contribution < -0.4 is 10.6 Å². The predicted octanol–water partition coefficient (Wildman–Crippen LogP) is 3.17. The molecule has 0 unspecified atom stereocenters. The van der Waals surface area contributed by atoms with E-state index in [4.69, 9.17) is 9.47 Å². The molecule has 2 aromatic rings. The van der Waals surface area contributed by atoms with Crippen molar-refractivity contribution in [3.05, 3.63) is 76.1 Å². The molecular formula is C19H17N3O6. The number of nitro groups is 1. The van der Waals surface area contributed by atoms with E-state index in [2.05, 4.69) is 10.6 Å². The maximum Gasteiger partial charge on any atom is 0.352 e. The van der Waals surface area contributed by atoms with Crippen LogP contribution in [0.15, 0.2) is 66.0 Å². The highest BCUT2D eigenvalue weighted by Gasteiger charge is 2.41. The lowest BCUT2D eigenvalue weighted by molar-refractivity contribution is -0.384. The minimum Gasteiger partial charge on any atom is -0.419 e. The number of rotatable bonds is 5. The van der Waals surface area contributed by atoms with E-state index in [9.17, 15) is 19.7 Å². The Morgan fingerprint density at radius 1 is 0.893 bits per heavy atom. The molecule has 1 heterocycles. The lowest BCUT2D eigenvalue weighted by Crippen LogP contribution is -2.43. The van der Waals surface area contributed by atoms with Gasteiger partial charge in [-0.3, -0.25) is 10.1 Å². The molecule has 9 nitrogen and oxygen atoms in total. The Bertz CT molecular complexity index is 929. The van der Waals surface area contributed by atoms with Crippen molar-refractivity contribution in [2.45, 2.75) is 19.6 Å². The molecule has 2 aromatic carbocycles. The zero-order valence-corrected chi connectivity index (χ0v) is 15.1. The molecule has 1 saturated heterocycles. The molecule has 2 N–H and O–H groups in total. The molecule has 0 saturated carbocycles. The van der Waals surface area contributed by atoms with E-state index in [1.54, 1.807) is 24.3 Å². The number of non-ortho nitro benzene ring substituents is 1. The molecule has 0 bridgehead atoms. The number of ether oxygens (including phenoxy) is 2. The van der Waals surface area contributed by atoms with Crippen LogP contribution in [0.3, 0.4) is 0 Å². The number of anilines is 2. The van der Waals surface area contributed by atoms with Gasteiger partial charge in [-0.1, -0.05) is 18.2 Å². The third-order valence-corrected chi connectivity index (χ3v) is 3.73. The van der Waals surface area contributed by atoms with Crippen LogP contribution in [0.4, 0.5) is 17.1 Å². The first-order valence-corrected chi connectivity index (χ1v) is 8.30. The van der Waals surface area contributed by atoms with Gasteiger partial charge in [0.2, 0.25) is 0 Å². The van der Waals surface area contributed by atoms with E-state index in [-0.39, 0.29) is 17.1 Å². The van der Waals surface area contributed by atoms with Gasteiger partial charge in [0.1, 0.15) is 5.82 Å². The van der Waals surface area contributed by atoms with Crippen molar-refractivity contribution in [1.29, 1.82) is 0 Å². The van der Waals surface area contributed by atoms with Gasteiger partial charge in [0.15, 0.2) is 5.57 Å². The summed E-state index contributed by atoms with van der Waals surface area (Å²) in [6, 6.07) is 14.3. The highest BCUT2D eigenvalue weighted by Crippen LogP contribution is 2.26. The Balaban J connectivity index is 1.98. The molecule has 0 aromatic heterocycles. The summed E-state index contributed by atoms with van der Waals surface area (Å²) in [4.78, 5) is 35.2. The number of carbonyl (C=O) groups excluding carboxylic acids is 2. The highest BCUT2D eigenvalue weighted by atomic mass is 16.7. The number of benzene rings is 2. The normalized spacial score (nSPS) is 15.3. The quantitative estimate of drug-likeness (QED) is 0.266. The topological polar surface area (TPSA) is 120 Å². The number of hydrogen-bond donors (Lipinski definition) is 2. The van der Waals surface area contributed by atoms with Gasteiger partial charge in [-0.15, -0.1) is 0 Å². The fourth-order valence-corrected chi connectivity index (χ4v) is 2.49. The van der Waals surface area contributed by atoms with E-state index in [1.807, 2.05) is 6.07 Å². The van der Waals surface area contributed by atoms with Gasteiger partial charge >= 0.3 is 11.9 Å². The van der Waals surface area contributed by atoms with E-state index in [1.165, 1.54) is 38.1 Å². The maximum absolute atomic E-state index is 12.4. The van der Waals surface area contributed by atoms with Crippen molar-refractivity contribution in [3.63, 3.8) is 0 Å². The van der Waals surface area contributed by atoms with Crippen molar-refractivity contribution in [2.75, 3.05) is 10.6 Å². The number of nitrogens with one attached hydrogen (secondary N) is 2. The first-order chi connectivity index (χ1) is 13.2. The van der Waals surface area contributed by atoms with Gasteiger partial charge in [-0.2, -0.15) is 0 Å². The lowest BCUT2D eigenvalue weighted by atomic mass is 10.2. The number of nitro benzene ring substituents is 1. The van der Waals surface area contributed by atoms with Crippen LogP contribution in [-0.2, 0) is 19.1 Å². The lowest BCUT2D eigenvalue weighted by Gasteiger charge is -2.31. The van der Waals surface area contributed by atoms with Gasteiger partial charge in [-0.05, 0) is 24.3 Å². The fraction of sp³-hybridized carbons (Fsp3) is 0.158. The Hall–Kier alpha value is -3.88. The van der Waals surface area contributed by atoms with E-state index >= 15 is 0 Å². The number of cyclic esters (lactones) is 2. The van der Waals surface area contributed by atoms with Crippen LogP contribution in [0.1, 0.15) is 13.8 Å². The molecule has 0 radical (unpaired) electrons. The maximum atomic E-state index is 12.4. The first kappa shape index (κ1) is 18.9. The molecular weight excluding hydrogens is 366 g/mol. The van der Waals surface area contributed by atoms with Crippen molar-refractivity contribution < 1.29 is 24.0 Å². The predicted molar refractivity (Wildman–Crippen MR) is 100 cm³/mol. The Kier molecular flexibility index (Phi) is 4.99. The third kappa shape index (κ3) is 4.26. The molecule has 3 rings (SSSR count). The van der Waals surface area contributed by atoms with Crippen LogP contribution in [0.25, 0.3) is 0 Å². The minimum atomic E-state index is -1.37. The van der Waals surface area contributed by atoms with Gasteiger partial charge < -0.3 is 20.1 Å². The number of nitrogens with zero attached hydrogens (tertiary/aromatic N) is 1. The summed E-state index contributed by atoms with van der Waals surface area (Å²) in [6.07, 6.45) is 0. The van der Waals surface area contributed by atoms with E-state index < -0.39 is 22.6 Å². The van der Waals surface area contributed by atoms with Gasteiger partial charge in [0, 0.05) is 37.4 Å². The molecule has 1 aliphatic rings. The molecule has 0 spiro atoms. The minimum absolute atomic E-state index is 0.0329. The van der Waals surface area contributed by atoms with Crippen molar-refractivity contribution in [1.82, 2.24) is 0 Å². The Morgan fingerprint density at radius 2 is 1.39 bits per heavy atom. The van der Waals surface area contributed by atoms with E-state index in [0.717, 1.165) is 0 Å². The molecule has 28 heavy (non-hydrogen) atoms. The van der Waals surface area contributed by atoms with Crippen molar-refractivity contribution in [3.8, 4) is 0 Å². The summed E-state index contributed by atoms with van der Waals surface area (Å²) in [5, 5.41) is 16.7. The fourth-order valence-electron chi connectivity index (χ4n) is 2.49. The number of carbonyl (C=O) groups is 2. The Labute approximate surface area is 160 Å². The van der Waals surface area contributed by atoms with Crippen molar-refractivity contribution in [2.24, 2.45) is 0 Å². The van der Waals surface area contributed by atoms with Gasteiger partial charge in [0.25, 0.3) is 11.5 Å². The summed E-state index contributed by atoms with van der Waals surface area (Å²) < 4.78 is 10.3. The second kappa shape index (κ2) is 7.39. The van der Waals surface area contributed by atoms with Crippen LogP contribution in [0.5, 0.6) is 0 Å². The molecule has 144 valence electrons.